The molecule has 0 heterocycles. The Morgan fingerprint density at radius 3 is 1.33 bits per heavy atom. The van der Waals surface area contributed by atoms with E-state index in [0.29, 0.717) is 30.3 Å². The third kappa shape index (κ3) is 44.2. The highest BCUT2D eigenvalue weighted by Crippen LogP contribution is 2.38. The predicted molar refractivity (Wildman–Crippen MR) is 249 cm³/mol. The molecule has 0 radical (unpaired) electrons. The molecular formula is C50H82NO8P. The highest BCUT2D eigenvalue weighted by Gasteiger charge is 2.21. The van der Waals surface area contributed by atoms with E-state index in [2.05, 4.69) is 105 Å². The number of ether oxygens (including phenoxy) is 2. The predicted octanol–water partition coefficient (Wildman–Crippen LogP) is 12.5. The van der Waals surface area contributed by atoms with Crippen LogP contribution in [0, 0.1) is 0 Å². The van der Waals surface area contributed by atoms with E-state index >= 15 is 0 Å². The quantitative estimate of drug-likeness (QED) is 0.0198. The van der Waals surface area contributed by atoms with Crippen molar-refractivity contribution in [3.63, 3.8) is 0 Å². The molecule has 0 aliphatic heterocycles. The molecule has 1 unspecified atom stereocenters. The van der Waals surface area contributed by atoms with Gasteiger partial charge in [0.25, 0.3) is 7.82 Å². The van der Waals surface area contributed by atoms with Gasteiger partial charge in [-0.2, -0.15) is 0 Å². The summed E-state index contributed by atoms with van der Waals surface area (Å²) in [5.41, 5.74) is 0. The third-order valence-corrected chi connectivity index (χ3v) is 9.74. The van der Waals surface area contributed by atoms with Crippen molar-refractivity contribution in [3.05, 3.63) is 109 Å². The van der Waals surface area contributed by atoms with Gasteiger partial charge >= 0.3 is 11.9 Å². The van der Waals surface area contributed by atoms with Crippen molar-refractivity contribution in [2.24, 2.45) is 0 Å². The van der Waals surface area contributed by atoms with Gasteiger partial charge in [0.2, 0.25) is 0 Å². The SMILES string of the molecule is CCCCC/C=C\C/C=C\C/C=C\C/C=C\C/C=C\CCC(=O)OC[C@H](COP(=O)([O-])OCC[N+](C)(C)C)OC(=O)CCC/C=C\C/C=C\C/C=C\C/C=C\CCCCC. The van der Waals surface area contributed by atoms with E-state index in [1.54, 1.807) is 0 Å². The standard InChI is InChI=1S/C50H82NO8P/c1-6-8-10-12-14-16-18-20-22-24-25-27-28-30-32-34-36-38-40-42-49(52)56-46-48(47-58-60(54,55)57-45-44-51(3,4)5)59-50(53)43-41-39-37-35-33-31-29-26-23-21-19-17-15-13-11-9-7-2/h14-17,20-23,25,27,29-32,35-38,48H,6-13,18-19,24,26,28,33-34,39-47H2,1-5H3/b16-14-,17-15-,22-20-,23-21-,27-25-,31-29-,32-30-,37-35-,38-36-/t48-/m1/s1. The summed E-state index contributed by atoms with van der Waals surface area (Å²) in [6.07, 6.45) is 55.7. The van der Waals surface area contributed by atoms with E-state index < -0.39 is 32.5 Å². The van der Waals surface area contributed by atoms with E-state index in [9.17, 15) is 19.0 Å². The number of esters is 2. The van der Waals surface area contributed by atoms with Crippen LogP contribution in [0.25, 0.3) is 0 Å². The minimum Gasteiger partial charge on any atom is -0.756 e. The molecule has 0 spiro atoms. The second-order valence-electron chi connectivity index (χ2n) is 15.7. The molecule has 0 aromatic heterocycles. The minimum atomic E-state index is -4.66. The molecule has 0 aliphatic carbocycles. The van der Waals surface area contributed by atoms with Crippen molar-refractivity contribution >= 4 is 19.8 Å². The number of hydrogen-bond donors (Lipinski definition) is 0. The van der Waals surface area contributed by atoms with Crippen LogP contribution in [-0.2, 0) is 32.7 Å². The number of hydrogen-bond acceptors (Lipinski definition) is 8. The van der Waals surface area contributed by atoms with Crippen LogP contribution in [0.15, 0.2) is 109 Å². The molecule has 0 amide bonds. The zero-order valence-electron chi connectivity index (χ0n) is 38.1. The topological polar surface area (TPSA) is 111 Å². The summed E-state index contributed by atoms with van der Waals surface area (Å²) in [6.45, 7) is 3.99. The van der Waals surface area contributed by atoms with Crippen LogP contribution in [0.5, 0.6) is 0 Å². The van der Waals surface area contributed by atoms with Crippen molar-refractivity contribution < 1.29 is 42.1 Å². The van der Waals surface area contributed by atoms with Crippen LogP contribution in [-0.4, -0.2) is 70.0 Å². The van der Waals surface area contributed by atoms with Crippen LogP contribution < -0.4 is 4.89 Å². The number of phosphoric acid groups is 1. The zero-order valence-corrected chi connectivity index (χ0v) is 39.0. The van der Waals surface area contributed by atoms with Crippen LogP contribution in [0.1, 0.15) is 142 Å². The van der Waals surface area contributed by atoms with Gasteiger partial charge in [-0.1, -0.05) is 149 Å². The van der Waals surface area contributed by atoms with Crippen molar-refractivity contribution in [2.45, 2.75) is 148 Å². The molecule has 0 saturated carbocycles. The fraction of sp³-hybridized carbons (Fsp3) is 0.600. The number of carbonyl (C=O) groups excluding carboxylic acids is 2. The molecule has 340 valence electrons. The monoisotopic (exact) mass is 856 g/mol. The first-order valence-corrected chi connectivity index (χ1v) is 24.1. The smallest absolute Gasteiger partial charge is 0.306 e. The summed E-state index contributed by atoms with van der Waals surface area (Å²) >= 11 is 0. The number of likely N-dealkylation sites (N-methyl/N-ethyl adjacent to an activating group) is 1. The van der Waals surface area contributed by atoms with Crippen molar-refractivity contribution in [1.82, 2.24) is 0 Å². The Morgan fingerprint density at radius 1 is 0.517 bits per heavy atom. The molecular weight excluding hydrogens is 774 g/mol. The maximum Gasteiger partial charge on any atom is 0.306 e. The summed E-state index contributed by atoms with van der Waals surface area (Å²) in [5.74, 6) is -1.01. The van der Waals surface area contributed by atoms with Gasteiger partial charge in [-0.25, -0.2) is 0 Å². The first-order chi connectivity index (χ1) is 29.0. The molecule has 0 N–H and O–H groups in total. The first kappa shape index (κ1) is 56.7. The second kappa shape index (κ2) is 41.0. The largest absolute Gasteiger partial charge is 0.756 e. The molecule has 9 nitrogen and oxygen atoms in total. The van der Waals surface area contributed by atoms with Gasteiger partial charge in [0.05, 0.1) is 27.7 Å². The van der Waals surface area contributed by atoms with Gasteiger partial charge in [-0.3, -0.25) is 14.2 Å². The van der Waals surface area contributed by atoms with Gasteiger partial charge in [0.1, 0.15) is 19.8 Å². The highest BCUT2D eigenvalue weighted by molar-refractivity contribution is 7.45. The van der Waals surface area contributed by atoms with Crippen LogP contribution in [0.4, 0.5) is 0 Å². The van der Waals surface area contributed by atoms with E-state index in [0.717, 1.165) is 51.4 Å². The Bertz CT molecular complexity index is 1380. The molecule has 0 aromatic rings. The number of quaternary nitrogens is 1. The summed E-state index contributed by atoms with van der Waals surface area (Å²) in [7, 11) is 1.07. The van der Waals surface area contributed by atoms with Gasteiger partial charge in [0, 0.05) is 12.8 Å². The van der Waals surface area contributed by atoms with Gasteiger partial charge < -0.3 is 27.9 Å². The van der Waals surface area contributed by atoms with Gasteiger partial charge in [0.15, 0.2) is 6.10 Å². The summed E-state index contributed by atoms with van der Waals surface area (Å²) in [6, 6.07) is 0. The second-order valence-corrected chi connectivity index (χ2v) is 17.1. The van der Waals surface area contributed by atoms with Crippen LogP contribution in [0.2, 0.25) is 0 Å². The normalized spacial score (nSPS) is 14.6. The number of allylic oxidation sites excluding steroid dienone is 18. The molecule has 0 bridgehead atoms. The molecule has 0 rings (SSSR count). The number of rotatable bonds is 39. The average molecular weight is 856 g/mol. The zero-order chi connectivity index (χ0) is 44.3. The van der Waals surface area contributed by atoms with E-state index in [1.165, 1.54) is 44.9 Å². The molecule has 0 fully saturated rings. The van der Waals surface area contributed by atoms with Crippen molar-refractivity contribution in [2.75, 3.05) is 47.5 Å². The van der Waals surface area contributed by atoms with E-state index in [4.69, 9.17) is 18.5 Å². The number of nitrogens with zero attached hydrogens (tertiary/aromatic N) is 1. The molecule has 0 saturated heterocycles. The number of carbonyl (C=O) groups is 2. The fourth-order valence-corrected chi connectivity index (χ4v) is 5.94. The molecule has 10 heteroatoms. The minimum absolute atomic E-state index is 0.0584. The Balaban J connectivity index is 4.59. The van der Waals surface area contributed by atoms with Crippen LogP contribution in [0.3, 0.4) is 0 Å². The summed E-state index contributed by atoms with van der Waals surface area (Å²) in [5, 5.41) is 0. The van der Waals surface area contributed by atoms with E-state index in [-0.39, 0.29) is 26.1 Å². The van der Waals surface area contributed by atoms with Crippen molar-refractivity contribution in [3.8, 4) is 0 Å². The molecule has 0 aromatic carbocycles. The van der Waals surface area contributed by atoms with Crippen LogP contribution >= 0.6 is 7.82 Å². The Morgan fingerprint density at radius 2 is 0.917 bits per heavy atom. The fourth-order valence-electron chi connectivity index (χ4n) is 5.22. The lowest BCUT2D eigenvalue weighted by Gasteiger charge is -2.28. The summed E-state index contributed by atoms with van der Waals surface area (Å²) < 4.78 is 33.7. The highest BCUT2D eigenvalue weighted by atomic mass is 31.2. The maximum atomic E-state index is 12.7. The molecule has 60 heavy (non-hydrogen) atoms. The summed E-state index contributed by atoms with van der Waals surface area (Å²) in [4.78, 5) is 37.5. The first-order valence-electron chi connectivity index (χ1n) is 22.6. The third-order valence-electron chi connectivity index (χ3n) is 8.78. The molecule has 0 aliphatic rings. The molecule has 2 atom stereocenters. The number of phosphoric ester groups is 1. The number of unbranched alkanes of at least 4 members (excludes halogenated alkanes) is 7. The maximum absolute atomic E-state index is 12.7. The lowest BCUT2D eigenvalue weighted by molar-refractivity contribution is -0.870. The average Bonchev–Trinajstić information content (AvgIpc) is 3.20. The lowest BCUT2D eigenvalue weighted by Crippen LogP contribution is -2.37. The van der Waals surface area contributed by atoms with Gasteiger partial charge in [-0.15, -0.1) is 0 Å². The Hall–Kier alpha value is -3.33. The lowest BCUT2D eigenvalue weighted by atomic mass is 10.2. The Labute approximate surface area is 366 Å². The van der Waals surface area contributed by atoms with Crippen molar-refractivity contribution in [1.29, 1.82) is 0 Å². The van der Waals surface area contributed by atoms with Gasteiger partial charge in [-0.05, 0) is 89.9 Å². The Kier molecular flexibility index (Phi) is 38.8. The van der Waals surface area contributed by atoms with E-state index in [1.807, 2.05) is 39.4 Å².